The van der Waals surface area contributed by atoms with Gasteiger partial charge in [0.15, 0.2) is 5.82 Å². The summed E-state index contributed by atoms with van der Waals surface area (Å²) in [6.07, 6.45) is 1.87. The first-order valence-electron chi connectivity index (χ1n) is 18.8. The van der Waals surface area contributed by atoms with Crippen molar-refractivity contribution >= 4 is 51.1 Å². The Labute approximate surface area is 320 Å². The molecule has 3 nitrogen and oxygen atoms in total. The van der Waals surface area contributed by atoms with Gasteiger partial charge < -0.3 is 0 Å². The Balaban J connectivity index is 1.36. The molecule has 0 aliphatic rings. The maximum atomic E-state index is 5.24. The lowest BCUT2D eigenvalue weighted by Gasteiger charge is -2.29. The van der Waals surface area contributed by atoms with Crippen LogP contribution in [-0.2, 0) is 0 Å². The number of benzene rings is 7. The summed E-state index contributed by atoms with van der Waals surface area (Å²) < 4.78 is 0. The van der Waals surface area contributed by atoms with E-state index in [2.05, 4.69) is 174 Å². The molecular weight excluding hydrogens is 653 g/mol. The Kier molecular flexibility index (Phi) is 9.44. The van der Waals surface area contributed by atoms with Crippen molar-refractivity contribution in [1.82, 2.24) is 9.97 Å². The van der Waals surface area contributed by atoms with Crippen LogP contribution >= 0.6 is 0 Å². The van der Waals surface area contributed by atoms with Crippen LogP contribution in [0, 0.1) is 41.5 Å². The van der Waals surface area contributed by atoms with E-state index >= 15 is 0 Å². The molecule has 0 unspecified atom stereocenters. The molecule has 0 radical (unpaired) electrons. The summed E-state index contributed by atoms with van der Waals surface area (Å²) in [7, 11) is 0. The monoisotopic (exact) mass is 697 g/mol. The van der Waals surface area contributed by atoms with Gasteiger partial charge in [0.2, 0.25) is 6.71 Å². The Morgan fingerprint density at radius 2 is 1.04 bits per heavy atom. The minimum absolute atomic E-state index is 0.0815. The number of hydrogen-bond donors (Lipinski definition) is 0. The SMILES string of the molecule is Cc1cc(C)c(B(c2ccc(N(c3ccnc(-c4ccccc4)n3)c3ccc4ccccc4c3-c3ccccc3)cc2)c2c(C)cc(C)cc2C)c(C)c1. The van der Waals surface area contributed by atoms with Crippen LogP contribution in [-0.4, -0.2) is 16.7 Å². The molecule has 0 saturated heterocycles. The van der Waals surface area contributed by atoms with Gasteiger partial charge in [-0.25, -0.2) is 9.97 Å². The molecule has 262 valence electrons. The fourth-order valence-corrected chi connectivity index (χ4v) is 8.54. The zero-order valence-electron chi connectivity index (χ0n) is 31.9. The van der Waals surface area contributed by atoms with E-state index in [1.165, 1.54) is 60.5 Å². The minimum atomic E-state index is 0.0815. The minimum Gasteiger partial charge on any atom is -0.294 e. The van der Waals surface area contributed by atoms with Crippen LogP contribution in [0.5, 0.6) is 0 Å². The Bertz CT molecular complexity index is 2510. The fourth-order valence-electron chi connectivity index (χ4n) is 8.54. The smallest absolute Gasteiger partial charge is 0.242 e. The molecule has 7 aromatic carbocycles. The summed E-state index contributed by atoms with van der Waals surface area (Å²) in [5.41, 5.74) is 17.3. The molecular formula is C50H44BN3. The number of aromatic nitrogens is 2. The van der Waals surface area contributed by atoms with Crippen molar-refractivity contribution in [2.45, 2.75) is 41.5 Å². The lowest BCUT2D eigenvalue weighted by Crippen LogP contribution is -2.55. The maximum absolute atomic E-state index is 5.24. The molecule has 1 heterocycles. The molecule has 0 spiro atoms. The van der Waals surface area contributed by atoms with Gasteiger partial charge in [0.25, 0.3) is 0 Å². The summed E-state index contributed by atoms with van der Waals surface area (Å²) >= 11 is 0. The lowest BCUT2D eigenvalue weighted by atomic mass is 9.34. The van der Waals surface area contributed by atoms with Crippen molar-refractivity contribution in [2.24, 2.45) is 0 Å². The van der Waals surface area contributed by atoms with Crippen LogP contribution in [0.25, 0.3) is 33.3 Å². The average Bonchev–Trinajstić information content (AvgIpc) is 3.18. The standard InChI is InChI=1S/C50H44BN3/c1-33-29-35(3)48(36(4)30-33)51(49-37(5)31-34(2)32-38(49)6)42-22-24-43(25-23-42)54(46-27-28-52-50(53-46)41-18-11-8-12-19-41)45-26-21-39-15-13-14-20-44(39)47(45)40-16-9-7-10-17-40/h7-32H,1-6H3. The Hall–Kier alpha value is -6.26. The molecule has 8 rings (SSSR count). The second kappa shape index (κ2) is 14.6. The van der Waals surface area contributed by atoms with Gasteiger partial charge in [0.05, 0.1) is 5.69 Å². The van der Waals surface area contributed by atoms with E-state index in [4.69, 9.17) is 9.97 Å². The summed E-state index contributed by atoms with van der Waals surface area (Å²) in [6, 6.07) is 54.5. The molecule has 54 heavy (non-hydrogen) atoms. The summed E-state index contributed by atoms with van der Waals surface area (Å²) in [4.78, 5) is 12.3. The van der Waals surface area contributed by atoms with Crippen LogP contribution in [0.15, 0.2) is 158 Å². The molecule has 0 amide bonds. The van der Waals surface area contributed by atoms with Crippen molar-refractivity contribution < 1.29 is 0 Å². The van der Waals surface area contributed by atoms with Gasteiger partial charge in [0, 0.05) is 23.0 Å². The molecule has 0 fully saturated rings. The van der Waals surface area contributed by atoms with Gasteiger partial charge in [0.1, 0.15) is 5.82 Å². The number of aryl methyl sites for hydroxylation is 6. The van der Waals surface area contributed by atoms with E-state index in [9.17, 15) is 0 Å². The van der Waals surface area contributed by atoms with Gasteiger partial charge in [-0.15, -0.1) is 0 Å². The largest absolute Gasteiger partial charge is 0.294 e. The van der Waals surface area contributed by atoms with Gasteiger partial charge in [-0.1, -0.05) is 177 Å². The third kappa shape index (κ3) is 6.61. The summed E-state index contributed by atoms with van der Waals surface area (Å²) in [5.74, 6) is 1.49. The first-order chi connectivity index (χ1) is 26.3. The third-order valence-corrected chi connectivity index (χ3v) is 10.7. The Morgan fingerprint density at radius 1 is 0.500 bits per heavy atom. The third-order valence-electron chi connectivity index (χ3n) is 10.7. The zero-order valence-corrected chi connectivity index (χ0v) is 31.9. The number of nitrogens with zero attached hydrogens (tertiary/aromatic N) is 3. The van der Waals surface area contributed by atoms with E-state index in [-0.39, 0.29) is 6.71 Å². The van der Waals surface area contributed by atoms with E-state index in [1.807, 2.05) is 30.5 Å². The van der Waals surface area contributed by atoms with Gasteiger partial charge >= 0.3 is 0 Å². The maximum Gasteiger partial charge on any atom is 0.242 e. The van der Waals surface area contributed by atoms with Crippen LogP contribution < -0.4 is 21.3 Å². The zero-order chi connectivity index (χ0) is 37.3. The normalized spacial score (nSPS) is 11.1. The average molecular weight is 698 g/mol. The highest BCUT2D eigenvalue weighted by Crippen LogP contribution is 2.43. The molecule has 0 bridgehead atoms. The molecule has 0 atom stereocenters. The molecule has 0 saturated carbocycles. The van der Waals surface area contributed by atoms with Crippen molar-refractivity contribution in [3.05, 3.63) is 191 Å². The van der Waals surface area contributed by atoms with E-state index in [0.717, 1.165) is 33.9 Å². The first-order valence-corrected chi connectivity index (χ1v) is 18.8. The van der Waals surface area contributed by atoms with Crippen molar-refractivity contribution in [2.75, 3.05) is 4.90 Å². The van der Waals surface area contributed by atoms with Crippen molar-refractivity contribution in [3.8, 4) is 22.5 Å². The molecule has 0 N–H and O–H groups in total. The molecule has 0 aliphatic heterocycles. The van der Waals surface area contributed by atoms with Crippen LogP contribution in [0.3, 0.4) is 0 Å². The highest BCUT2D eigenvalue weighted by atomic mass is 15.2. The summed E-state index contributed by atoms with van der Waals surface area (Å²) in [6.45, 7) is 13.5. The van der Waals surface area contributed by atoms with Crippen LogP contribution in [0.2, 0.25) is 0 Å². The molecule has 1 aromatic heterocycles. The number of anilines is 3. The first kappa shape index (κ1) is 34.8. The van der Waals surface area contributed by atoms with E-state index < -0.39 is 0 Å². The second-order valence-corrected chi connectivity index (χ2v) is 14.6. The molecule has 0 aliphatic carbocycles. The van der Waals surface area contributed by atoms with Crippen molar-refractivity contribution in [3.63, 3.8) is 0 Å². The van der Waals surface area contributed by atoms with Gasteiger partial charge in [-0.3, -0.25) is 4.90 Å². The summed E-state index contributed by atoms with van der Waals surface area (Å²) in [5, 5.41) is 2.38. The molecule has 8 aromatic rings. The molecule has 4 heteroatoms. The number of rotatable bonds is 8. The van der Waals surface area contributed by atoms with Crippen LogP contribution in [0.4, 0.5) is 17.2 Å². The predicted octanol–water partition coefficient (Wildman–Crippen LogP) is 10.8. The highest BCUT2D eigenvalue weighted by molar-refractivity contribution is 6.96. The van der Waals surface area contributed by atoms with E-state index in [1.54, 1.807) is 0 Å². The van der Waals surface area contributed by atoms with Crippen molar-refractivity contribution in [1.29, 1.82) is 0 Å². The quantitative estimate of drug-likeness (QED) is 0.148. The second-order valence-electron chi connectivity index (χ2n) is 14.6. The predicted molar refractivity (Wildman–Crippen MR) is 231 cm³/mol. The number of hydrogen-bond acceptors (Lipinski definition) is 3. The topological polar surface area (TPSA) is 29.0 Å². The van der Waals surface area contributed by atoms with Gasteiger partial charge in [-0.05, 0) is 82.1 Å². The van der Waals surface area contributed by atoms with Gasteiger partial charge in [-0.2, -0.15) is 0 Å². The lowest BCUT2D eigenvalue weighted by molar-refractivity contribution is 1.12. The van der Waals surface area contributed by atoms with Crippen LogP contribution in [0.1, 0.15) is 33.4 Å². The highest BCUT2D eigenvalue weighted by Gasteiger charge is 2.29. The van der Waals surface area contributed by atoms with E-state index in [0.29, 0.717) is 5.82 Å². The Morgan fingerprint density at radius 3 is 1.63 bits per heavy atom. The number of fused-ring (bicyclic) bond motifs is 1. The fraction of sp³-hybridized carbons (Fsp3) is 0.120.